The largest absolute Gasteiger partial charge is 0.459 e. The van der Waals surface area contributed by atoms with Crippen LogP contribution in [0.1, 0.15) is 18.1 Å². The van der Waals surface area contributed by atoms with Crippen LogP contribution in [0.15, 0.2) is 60.7 Å². The molecule has 1 saturated heterocycles. The lowest BCUT2D eigenvalue weighted by Crippen LogP contribution is -2.43. The van der Waals surface area contributed by atoms with Crippen LogP contribution in [-0.2, 0) is 19.1 Å². The van der Waals surface area contributed by atoms with E-state index in [-0.39, 0.29) is 6.10 Å². The van der Waals surface area contributed by atoms with E-state index < -0.39 is 10.8 Å². The summed E-state index contributed by atoms with van der Waals surface area (Å²) >= 11 is 6.92. The van der Waals surface area contributed by atoms with Gasteiger partial charge < -0.3 is 9.47 Å². The average molecular weight is 374 g/mol. The van der Waals surface area contributed by atoms with E-state index in [1.54, 1.807) is 0 Å². The van der Waals surface area contributed by atoms with Crippen LogP contribution in [-0.4, -0.2) is 49.8 Å². The number of morpholine rings is 1. The van der Waals surface area contributed by atoms with Crippen LogP contribution in [0, 0.1) is 0 Å². The number of carbonyl (C=O) groups excluding carboxylic acids is 1. The molecule has 2 aromatic rings. The molecular weight excluding hydrogens is 350 g/mol. The molecule has 0 spiro atoms. The van der Waals surface area contributed by atoms with Gasteiger partial charge in [0.2, 0.25) is 0 Å². The Morgan fingerprint density at radius 1 is 1.08 bits per heavy atom. The summed E-state index contributed by atoms with van der Waals surface area (Å²) in [6.45, 7) is 5.71. The standard InChI is InChI=1S/C21H24ClNO3/c1-17(16-23-12-14-25-15-13-23)26-20(24)21(22,18-8-4-2-5-9-18)19-10-6-3-7-11-19/h2-11,17H,12-16H2,1H3. The van der Waals surface area contributed by atoms with E-state index in [0.717, 1.165) is 13.1 Å². The molecular formula is C21H24ClNO3. The second-order valence-corrected chi connectivity index (χ2v) is 7.09. The van der Waals surface area contributed by atoms with Gasteiger partial charge >= 0.3 is 5.97 Å². The van der Waals surface area contributed by atoms with Gasteiger partial charge in [-0.25, -0.2) is 4.79 Å². The topological polar surface area (TPSA) is 38.8 Å². The summed E-state index contributed by atoms with van der Waals surface area (Å²) in [6, 6.07) is 18.7. The number of esters is 1. The van der Waals surface area contributed by atoms with Gasteiger partial charge in [-0.2, -0.15) is 0 Å². The van der Waals surface area contributed by atoms with Crippen LogP contribution in [0.4, 0.5) is 0 Å². The molecule has 3 rings (SSSR count). The highest BCUT2D eigenvalue weighted by Crippen LogP contribution is 2.38. The molecule has 0 bridgehead atoms. The summed E-state index contributed by atoms with van der Waals surface area (Å²) in [5.41, 5.74) is 1.41. The molecule has 2 aromatic carbocycles. The third kappa shape index (κ3) is 4.26. The quantitative estimate of drug-likeness (QED) is 0.574. The van der Waals surface area contributed by atoms with E-state index in [1.807, 2.05) is 67.6 Å². The lowest BCUT2D eigenvalue weighted by molar-refractivity contribution is -0.151. The van der Waals surface area contributed by atoms with Crippen molar-refractivity contribution in [2.75, 3.05) is 32.8 Å². The van der Waals surface area contributed by atoms with Crippen LogP contribution in [0.2, 0.25) is 0 Å². The van der Waals surface area contributed by atoms with Gasteiger partial charge in [-0.15, -0.1) is 0 Å². The molecule has 0 radical (unpaired) electrons. The smallest absolute Gasteiger partial charge is 0.336 e. The van der Waals surface area contributed by atoms with Crippen molar-refractivity contribution in [2.24, 2.45) is 0 Å². The zero-order valence-electron chi connectivity index (χ0n) is 14.9. The van der Waals surface area contributed by atoms with Crippen molar-refractivity contribution in [3.8, 4) is 0 Å². The summed E-state index contributed by atoms with van der Waals surface area (Å²) in [7, 11) is 0. The number of hydrogen-bond donors (Lipinski definition) is 0. The number of rotatable bonds is 6. The Morgan fingerprint density at radius 3 is 2.08 bits per heavy atom. The summed E-state index contributed by atoms with van der Waals surface area (Å²) < 4.78 is 11.1. The van der Waals surface area contributed by atoms with Gasteiger partial charge in [0.05, 0.1) is 13.2 Å². The molecule has 1 atom stereocenters. The van der Waals surface area contributed by atoms with E-state index in [0.29, 0.717) is 30.9 Å². The van der Waals surface area contributed by atoms with Crippen LogP contribution in [0.25, 0.3) is 0 Å². The van der Waals surface area contributed by atoms with Crippen molar-refractivity contribution in [2.45, 2.75) is 17.9 Å². The van der Waals surface area contributed by atoms with E-state index in [1.165, 1.54) is 0 Å². The van der Waals surface area contributed by atoms with E-state index >= 15 is 0 Å². The highest BCUT2D eigenvalue weighted by molar-refractivity contribution is 6.36. The van der Waals surface area contributed by atoms with Gasteiger partial charge in [0.15, 0.2) is 4.87 Å². The van der Waals surface area contributed by atoms with Crippen LogP contribution in [0.5, 0.6) is 0 Å². The molecule has 0 aromatic heterocycles. The predicted molar refractivity (Wildman–Crippen MR) is 102 cm³/mol. The summed E-state index contributed by atoms with van der Waals surface area (Å²) in [5, 5.41) is 0. The Balaban J connectivity index is 1.79. The molecule has 1 unspecified atom stereocenters. The van der Waals surface area contributed by atoms with Gasteiger partial charge in [0, 0.05) is 19.6 Å². The van der Waals surface area contributed by atoms with Crippen molar-refractivity contribution >= 4 is 17.6 Å². The van der Waals surface area contributed by atoms with Gasteiger partial charge in [0.1, 0.15) is 6.10 Å². The number of alkyl halides is 1. The van der Waals surface area contributed by atoms with Crippen molar-refractivity contribution in [1.29, 1.82) is 0 Å². The molecule has 0 N–H and O–H groups in total. The predicted octanol–water partition coefficient (Wildman–Crippen LogP) is 3.43. The Hall–Kier alpha value is -1.88. The Labute approximate surface area is 159 Å². The maximum atomic E-state index is 13.1. The van der Waals surface area contributed by atoms with Gasteiger partial charge in [-0.1, -0.05) is 72.3 Å². The minimum atomic E-state index is -1.36. The summed E-state index contributed by atoms with van der Waals surface area (Å²) in [6.07, 6.45) is -0.258. The number of halogens is 1. The molecule has 0 aliphatic carbocycles. The number of carbonyl (C=O) groups is 1. The Morgan fingerprint density at radius 2 is 1.58 bits per heavy atom. The highest BCUT2D eigenvalue weighted by atomic mass is 35.5. The zero-order chi connectivity index (χ0) is 18.4. The first kappa shape index (κ1) is 18.9. The molecule has 138 valence electrons. The molecule has 0 saturated carbocycles. The molecule has 0 amide bonds. The fourth-order valence-corrected chi connectivity index (χ4v) is 3.48. The second-order valence-electron chi connectivity index (χ2n) is 6.52. The lowest BCUT2D eigenvalue weighted by Gasteiger charge is -2.31. The normalized spacial score (nSPS) is 16.8. The minimum absolute atomic E-state index is 0.258. The monoisotopic (exact) mass is 373 g/mol. The third-order valence-corrected chi connectivity index (χ3v) is 5.14. The van der Waals surface area contributed by atoms with Crippen molar-refractivity contribution < 1.29 is 14.3 Å². The second kappa shape index (κ2) is 8.67. The summed E-state index contributed by atoms with van der Waals surface area (Å²) in [4.78, 5) is 14.0. The fourth-order valence-electron chi connectivity index (χ4n) is 3.19. The maximum Gasteiger partial charge on any atom is 0.336 e. The Bertz CT molecular complexity index is 662. The lowest BCUT2D eigenvalue weighted by atomic mass is 9.90. The van der Waals surface area contributed by atoms with E-state index in [9.17, 15) is 4.79 Å². The molecule has 5 heteroatoms. The maximum absolute atomic E-state index is 13.1. The minimum Gasteiger partial charge on any atom is -0.459 e. The summed E-state index contributed by atoms with van der Waals surface area (Å²) in [5.74, 6) is -0.447. The van der Waals surface area contributed by atoms with Crippen molar-refractivity contribution in [3.63, 3.8) is 0 Å². The van der Waals surface area contributed by atoms with E-state index in [4.69, 9.17) is 21.1 Å². The average Bonchev–Trinajstić information content (AvgIpc) is 2.69. The molecule has 1 aliphatic rings. The molecule has 26 heavy (non-hydrogen) atoms. The van der Waals surface area contributed by atoms with Gasteiger partial charge in [-0.3, -0.25) is 4.90 Å². The fraction of sp³-hybridized carbons (Fsp3) is 0.381. The van der Waals surface area contributed by atoms with Crippen LogP contribution < -0.4 is 0 Å². The first-order valence-corrected chi connectivity index (χ1v) is 9.29. The van der Waals surface area contributed by atoms with Crippen molar-refractivity contribution in [1.82, 2.24) is 4.90 Å². The van der Waals surface area contributed by atoms with Gasteiger partial charge in [0.25, 0.3) is 0 Å². The van der Waals surface area contributed by atoms with Crippen LogP contribution in [0.3, 0.4) is 0 Å². The van der Waals surface area contributed by atoms with Crippen LogP contribution >= 0.6 is 11.6 Å². The third-order valence-electron chi connectivity index (χ3n) is 4.55. The molecule has 4 nitrogen and oxygen atoms in total. The van der Waals surface area contributed by atoms with Crippen molar-refractivity contribution in [3.05, 3.63) is 71.8 Å². The van der Waals surface area contributed by atoms with E-state index in [2.05, 4.69) is 4.90 Å². The SMILES string of the molecule is CC(CN1CCOCC1)OC(=O)C(Cl)(c1ccccc1)c1ccccc1. The number of benzene rings is 2. The first-order valence-electron chi connectivity index (χ1n) is 8.92. The Kier molecular flexibility index (Phi) is 6.30. The van der Waals surface area contributed by atoms with Gasteiger partial charge in [-0.05, 0) is 18.1 Å². The highest BCUT2D eigenvalue weighted by Gasteiger charge is 2.42. The number of ether oxygens (including phenoxy) is 2. The molecule has 1 aliphatic heterocycles. The number of nitrogens with zero attached hydrogens (tertiary/aromatic N) is 1. The zero-order valence-corrected chi connectivity index (χ0v) is 15.7. The first-order chi connectivity index (χ1) is 12.6. The molecule has 1 heterocycles. The number of hydrogen-bond acceptors (Lipinski definition) is 4. The molecule has 1 fully saturated rings.